The van der Waals surface area contributed by atoms with Gasteiger partial charge in [-0.15, -0.1) is 0 Å². The fourth-order valence-corrected chi connectivity index (χ4v) is 2.18. The van der Waals surface area contributed by atoms with E-state index in [0.717, 1.165) is 11.0 Å². The molecule has 0 aliphatic carbocycles. The maximum Gasteiger partial charge on any atom is 0.295 e. The van der Waals surface area contributed by atoms with Crippen molar-refractivity contribution in [2.24, 2.45) is 5.73 Å². The van der Waals surface area contributed by atoms with E-state index < -0.39 is 39.9 Å². The lowest BCUT2D eigenvalue weighted by molar-refractivity contribution is -0.384. The molecule has 7 nitrogen and oxygen atoms in total. The molecule has 1 aromatic carbocycles. The number of nitro groups is 1. The van der Waals surface area contributed by atoms with Gasteiger partial charge in [-0.05, 0) is 6.07 Å². The third kappa shape index (κ3) is 2.39. The van der Waals surface area contributed by atoms with Crippen molar-refractivity contribution in [3.05, 3.63) is 33.9 Å². The highest BCUT2D eigenvalue weighted by Crippen LogP contribution is 2.34. The van der Waals surface area contributed by atoms with Crippen LogP contribution in [0.25, 0.3) is 0 Å². The molecule has 1 unspecified atom stereocenters. The van der Waals surface area contributed by atoms with E-state index in [2.05, 4.69) is 5.32 Å². The summed E-state index contributed by atoms with van der Waals surface area (Å²) in [6.45, 7) is 0.591. The molecule has 1 fully saturated rings. The van der Waals surface area contributed by atoms with E-state index in [1.54, 1.807) is 0 Å². The Bertz CT molecular complexity index is 567. The van der Waals surface area contributed by atoms with Gasteiger partial charge < -0.3 is 16.0 Å². The molecule has 0 radical (unpaired) electrons. The highest BCUT2D eigenvalue weighted by molar-refractivity contribution is 5.85. The van der Waals surface area contributed by atoms with Gasteiger partial charge in [-0.25, -0.2) is 8.78 Å². The van der Waals surface area contributed by atoms with Gasteiger partial charge >= 0.3 is 0 Å². The third-order valence-corrected chi connectivity index (χ3v) is 3.10. The molecule has 108 valence electrons. The number of anilines is 1. The number of nitrogens with zero attached hydrogens (tertiary/aromatic N) is 2. The van der Waals surface area contributed by atoms with Gasteiger partial charge in [-0.2, -0.15) is 0 Å². The molecule has 1 aliphatic heterocycles. The van der Waals surface area contributed by atoms with Crippen LogP contribution in [0, 0.1) is 21.7 Å². The van der Waals surface area contributed by atoms with Crippen molar-refractivity contribution < 1.29 is 18.5 Å². The highest BCUT2D eigenvalue weighted by atomic mass is 19.2. The number of hydrogen-bond donors (Lipinski definition) is 2. The lowest BCUT2D eigenvalue weighted by Gasteiger charge is -2.35. The number of amides is 1. The average molecular weight is 286 g/mol. The summed E-state index contributed by atoms with van der Waals surface area (Å²) < 4.78 is 27.3. The van der Waals surface area contributed by atoms with Crippen molar-refractivity contribution in [1.29, 1.82) is 0 Å². The Morgan fingerprint density at radius 1 is 1.50 bits per heavy atom. The first-order valence-electron chi connectivity index (χ1n) is 5.82. The lowest BCUT2D eigenvalue weighted by Crippen LogP contribution is -2.57. The topological polar surface area (TPSA) is 102 Å². The zero-order valence-corrected chi connectivity index (χ0v) is 10.3. The van der Waals surface area contributed by atoms with Gasteiger partial charge in [0.25, 0.3) is 5.69 Å². The van der Waals surface area contributed by atoms with Gasteiger partial charge in [0.05, 0.1) is 4.92 Å². The number of piperazine rings is 1. The molecule has 1 atom stereocenters. The molecule has 3 N–H and O–H groups in total. The largest absolute Gasteiger partial charge is 0.368 e. The molecule has 1 amide bonds. The quantitative estimate of drug-likeness (QED) is 0.608. The Balaban J connectivity index is 2.56. The SMILES string of the molecule is NC(=O)C1CNCCN1c1c([N+](=O)[O-])ccc(F)c1F. The van der Waals surface area contributed by atoms with Crippen LogP contribution in [0.5, 0.6) is 0 Å². The predicted octanol–water partition coefficient (Wildman–Crippen LogP) is 0.136. The predicted molar refractivity (Wildman–Crippen MR) is 66.2 cm³/mol. The second kappa shape index (κ2) is 5.37. The first-order chi connectivity index (χ1) is 9.43. The maximum atomic E-state index is 14.0. The zero-order chi connectivity index (χ0) is 14.9. The zero-order valence-electron chi connectivity index (χ0n) is 10.3. The van der Waals surface area contributed by atoms with E-state index in [9.17, 15) is 23.7 Å². The first kappa shape index (κ1) is 14.1. The second-order valence-corrected chi connectivity index (χ2v) is 4.30. The van der Waals surface area contributed by atoms with Gasteiger partial charge in [0.1, 0.15) is 6.04 Å². The molecule has 0 bridgehead atoms. The van der Waals surface area contributed by atoms with Crippen molar-refractivity contribution in [2.45, 2.75) is 6.04 Å². The van der Waals surface area contributed by atoms with E-state index in [1.165, 1.54) is 0 Å². The van der Waals surface area contributed by atoms with E-state index in [1.807, 2.05) is 0 Å². The fourth-order valence-electron chi connectivity index (χ4n) is 2.18. The minimum Gasteiger partial charge on any atom is -0.368 e. The summed E-state index contributed by atoms with van der Waals surface area (Å²) in [5.41, 5.74) is 4.06. The number of rotatable bonds is 3. The summed E-state index contributed by atoms with van der Waals surface area (Å²) >= 11 is 0. The highest BCUT2D eigenvalue weighted by Gasteiger charge is 2.34. The number of nitrogens with one attached hydrogen (secondary N) is 1. The summed E-state index contributed by atoms with van der Waals surface area (Å²) in [5, 5.41) is 13.8. The number of halogens is 2. The second-order valence-electron chi connectivity index (χ2n) is 4.30. The summed E-state index contributed by atoms with van der Waals surface area (Å²) in [6.07, 6.45) is 0. The van der Waals surface area contributed by atoms with Crippen LogP contribution in [0.1, 0.15) is 0 Å². The van der Waals surface area contributed by atoms with Crippen LogP contribution in [0.3, 0.4) is 0 Å². The molecule has 9 heteroatoms. The van der Waals surface area contributed by atoms with Gasteiger partial charge in [0, 0.05) is 25.7 Å². The van der Waals surface area contributed by atoms with Gasteiger partial charge in [0.2, 0.25) is 5.91 Å². The maximum absolute atomic E-state index is 14.0. The monoisotopic (exact) mass is 286 g/mol. The number of carbonyl (C=O) groups is 1. The van der Waals surface area contributed by atoms with Crippen LogP contribution in [0.4, 0.5) is 20.2 Å². The Hall–Kier alpha value is -2.29. The Morgan fingerprint density at radius 2 is 2.20 bits per heavy atom. The van der Waals surface area contributed by atoms with Crippen molar-refractivity contribution in [3.8, 4) is 0 Å². The smallest absolute Gasteiger partial charge is 0.295 e. The Kier molecular flexibility index (Phi) is 3.79. The minimum atomic E-state index is -1.35. The minimum absolute atomic E-state index is 0.106. The van der Waals surface area contributed by atoms with Crippen LogP contribution in [-0.2, 0) is 4.79 Å². The summed E-state index contributed by atoms with van der Waals surface area (Å²) in [4.78, 5) is 22.6. The standard InChI is InChI=1S/C11H12F2N4O3/c12-6-1-2-7(17(19)20)10(9(6)13)16-4-3-15-5-8(16)11(14)18/h1-2,8,15H,3-5H2,(H2,14,18). The van der Waals surface area contributed by atoms with Crippen LogP contribution in [0.15, 0.2) is 12.1 Å². The van der Waals surface area contributed by atoms with Gasteiger partial charge in [0.15, 0.2) is 17.3 Å². The van der Waals surface area contributed by atoms with Crippen molar-refractivity contribution in [1.82, 2.24) is 5.32 Å². The van der Waals surface area contributed by atoms with Gasteiger partial charge in [-0.3, -0.25) is 14.9 Å². The molecular weight excluding hydrogens is 274 g/mol. The summed E-state index contributed by atoms with van der Waals surface area (Å²) in [5.74, 6) is -3.34. The summed E-state index contributed by atoms with van der Waals surface area (Å²) in [6, 6.07) is 0.575. The number of nitrogens with two attached hydrogens (primary N) is 1. The van der Waals surface area contributed by atoms with Crippen molar-refractivity contribution >= 4 is 17.3 Å². The van der Waals surface area contributed by atoms with Crippen molar-refractivity contribution in [2.75, 3.05) is 24.5 Å². The number of hydrogen-bond acceptors (Lipinski definition) is 5. The molecule has 1 aromatic rings. The normalized spacial score (nSPS) is 18.9. The molecule has 1 saturated heterocycles. The molecule has 1 heterocycles. The fraction of sp³-hybridized carbons (Fsp3) is 0.364. The molecular formula is C11H12F2N4O3. The molecule has 20 heavy (non-hydrogen) atoms. The van der Waals surface area contributed by atoms with Crippen LogP contribution in [-0.4, -0.2) is 36.5 Å². The molecule has 1 aliphatic rings. The van der Waals surface area contributed by atoms with Gasteiger partial charge in [-0.1, -0.05) is 0 Å². The molecule has 0 spiro atoms. The third-order valence-electron chi connectivity index (χ3n) is 3.10. The average Bonchev–Trinajstić information content (AvgIpc) is 2.41. The Morgan fingerprint density at radius 3 is 2.80 bits per heavy atom. The lowest BCUT2D eigenvalue weighted by atomic mass is 10.1. The van der Waals surface area contributed by atoms with Crippen LogP contribution in [0.2, 0.25) is 0 Å². The molecule has 2 rings (SSSR count). The number of primary amides is 1. The summed E-state index contributed by atoms with van der Waals surface area (Å²) in [7, 11) is 0. The molecule has 0 aromatic heterocycles. The van der Waals surface area contributed by atoms with E-state index in [4.69, 9.17) is 5.73 Å². The number of nitro benzene ring substituents is 1. The molecule has 0 saturated carbocycles. The van der Waals surface area contributed by atoms with E-state index in [0.29, 0.717) is 12.6 Å². The van der Waals surface area contributed by atoms with E-state index >= 15 is 0 Å². The number of carbonyl (C=O) groups excluding carboxylic acids is 1. The Labute approximate surface area is 112 Å². The van der Waals surface area contributed by atoms with Crippen molar-refractivity contribution in [3.63, 3.8) is 0 Å². The van der Waals surface area contributed by atoms with E-state index in [-0.39, 0.29) is 13.1 Å². The van der Waals surface area contributed by atoms with Crippen LogP contribution >= 0.6 is 0 Å². The number of benzene rings is 1. The van der Waals surface area contributed by atoms with Crippen LogP contribution < -0.4 is 16.0 Å². The first-order valence-corrected chi connectivity index (χ1v) is 5.82.